The number of amides is 2. The molecule has 1 atom stereocenters. The number of hydrogen-bond donors (Lipinski definition) is 1. The molecule has 162 valence electrons. The Bertz CT molecular complexity index is 863. The molecule has 30 heavy (non-hydrogen) atoms. The molecule has 1 fully saturated rings. The molecule has 2 heterocycles. The van der Waals surface area contributed by atoms with Gasteiger partial charge in [0.2, 0.25) is 11.8 Å². The van der Waals surface area contributed by atoms with Crippen molar-refractivity contribution < 1.29 is 14.3 Å². The molecule has 0 bridgehead atoms. The van der Waals surface area contributed by atoms with Crippen LogP contribution in [0.1, 0.15) is 36.2 Å². The first-order chi connectivity index (χ1) is 14.4. The standard InChI is InChI=1S/C22H30N4O3S/c1-16-17(2)26(14-19-9-6-12-29-19)22(24-16)30-15-21(28)25(11-10-20(23)27)13-18-7-4-3-5-8-18/h3-5,7-8,19H,6,9-15H2,1-2H3,(H2,23,27)/t19-/m1/s1. The number of ether oxygens (including phenoxy) is 1. The summed E-state index contributed by atoms with van der Waals surface area (Å²) in [6, 6.07) is 9.76. The molecule has 3 rings (SSSR count). The number of rotatable bonds is 10. The highest BCUT2D eigenvalue weighted by Crippen LogP contribution is 2.25. The molecule has 0 radical (unpaired) electrons. The lowest BCUT2D eigenvalue weighted by Gasteiger charge is -2.22. The highest BCUT2D eigenvalue weighted by molar-refractivity contribution is 7.99. The Labute approximate surface area is 182 Å². The van der Waals surface area contributed by atoms with Crippen LogP contribution in [0.5, 0.6) is 0 Å². The van der Waals surface area contributed by atoms with Crippen LogP contribution in [0.15, 0.2) is 35.5 Å². The number of aromatic nitrogens is 2. The number of primary amides is 1. The van der Waals surface area contributed by atoms with Crippen LogP contribution in [-0.2, 0) is 27.4 Å². The molecule has 1 aliphatic heterocycles. The average molecular weight is 431 g/mol. The van der Waals surface area contributed by atoms with Crippen molar-refractivity contribution in [2.45, 2.75) is 57.5 Å². The van der Waals surface area contributed by atoms with Gasteiger partial charge >= 0.3 is 0 Å². The van der Waals surface area contributed by atoms with Crippen molar-refractivity contribution in [2.24, 2.45) is 5.73 Å². The van der Waals surface area contributed by atoms with Crippen molar-refractivity contribution in [2.75, 3.05) is 18.9 Å². The monoisotopic (exact) mass is 430 g/mol. The predicted molar refractivity (Wildman–Crippen MR) is 117 cm³/mol. The van der Waals surface area contributed by atoms with Crippen LogP contribution in [0.2, 0.25) is 0 Å². The van der Waals surface area contributed by atoms with Gasteiger partial charge in [0.05, 0.1) is 24.1 Å². The number of imidazole rings is 1. The second-order valence-electron chi connectivity index (χ2n) is 7.62. The van der Waals surface area contributed by atoms with Gasteiger partial charge in [-0.1, -0.05) is 42.1 Å². The van der Waals surface area contributed by atoms with Gasteiger partial charge in [0.25, 0.3) is 0 Å². The van der Waals surface area contributed by atoms with E-state index in [9.17, 15) is 9.59 Å². The summed E-state index contributed by atoms with van der Waals surface area (Å²) < 4.78 is 7.94. The Morgan fingerprint density at radius 3 is 2.73 bits per heavy atom. The number of nitrogens with two attached hydrogens (primary N) is 1. The van der Waals surface area contributed by atoms with Crippen molar-refractivity contribution in [1.82, 2.24) is 14.5 Å². The first-order valence-corrected chi connectivity index (χ1v) is 11.3. The molecule has 1 saturated heterocycles. The van der Waals surface area contributed by atoms with Gasteiger partial charge in [-0.2, -0.15) is 0 Å². The van der Waals surface area contributed by atoms with E-state index in [1.807, 2.05) is 37.3 Å². The maximum absolute atomic E-state index is 13.0. The predicted octanol–water partition coefficient (Wildman–Crippen LogP) is 2.68. The molecular weight excluding hydrogens is 400 g/mol. The molecule has 0 saturated carbocycles. The van der Waals surface area contributed by atoms with Crippen molar-refractivity contribution in [1.29, 1.82) is 0 Å². The lowest BCUT2D eigenvalue weighted by molar-refractivity contribution is -0.129. The molecule has 7 nitrogen and oxygen atoms in total. The molecule has 1 aliphatic rings. The normalized spacial score (nSPS) is 16.0. The fraction of sp³-hybridized carbons (Fsp3) is 0.500. The minimum atomic E-state index is -0.410. The number of benzene rings is 1. The Morgan fingerprint density at radius 1 is 1.30 bits per heavy atom. The summed E-state index contributed by atoms with van der Waals surface area (Å²) in [5.41, 5.74) is 8.41. The van der Waals surface area contributed by atoms with Crippen LogP contribution in [-0.4, -0.2) is 51.3 Å². The largest absolute Gasteiger partial charge is 0.376 e. The van der Waals surface area contributed by atoms with Crippen molar-refractivity contribution >= 4 is 23.6 Å². The van der Waals surface area contributed by atoms with Crippen LogP contribution >= 0.6 is 11.8 Å². The summed E-state index contributed by atoms with van der Waals surface area (Å²) in [7, 11) is 0. The summed E-state index contributed by atoms with van der Waals surface area (Å²) >= 11 is 1.44. The van der Waals surface area contributed by atoms with Crippen LogP contribution < -0.4 is 5.73 Å². The quantitative estimate of drug-likeness (QED) is 0.585. The molecule has 0 spiro atoms. The first kappa shape index (κ1) is 22.4. The highest BCUT2D eigenvalue weighted by atomic mass is 32.2. The summed E-state index contributed by atoms with van der Waals surface area (Å²) in [5.74, 6) is -0.188. The van der Waals surface area contributed by atoms with Gasteiger partial charge < -0.3 is 19.9 Å². The molecule has 1 aromatic heterocycles. The number of aryl methyl sites for hydroxylation is 1. The van der Waals surface area contributed by atoms with Gasteiger partial charge in [0.15, 0.2) is 5.16 Å². The lowest BCUT2D eigenvalue weighted by Crippen LogP contribution is -2.35. The van der Waals surface area contributed by atoms with Gasteiger partial charge in [-0.05, 0) is 32.3 Å². The maximum atomic E-state index is 13.0. The number of carbonyl (C=O) groups excluding carboxylic acids is 2. The lowest BCUT2D eigenvalue weighted by atomic mass is 10.2. The summed E-state index contributed by atoms with van der Waals surface area (Å²) in [5, 5.41) is 0.836. The Hall–Kier alpha value is -2.32. The Kier molecular flexibility index (Phi) is 7.93. The highest BCUT2D eigenvalue weighted by Gasteiger charge is 2.22. The minimum absolute atomic E-state index is 0.0351. The van der Waals surface area contributed by atoms with E-state index in [2.05, 4.69) is 16.5 Å². The van der Waals surface area contributed by atoms with Crippen LogP contribution in [0.3, 0.4) is 0 Å². The molecule has 8 heteroatoms. The Balaban J connectivity index is 1.66. The fourth-order valence-corrected chi connectivity index (χ4v) is 4.50. The SMILES string of the molecule is Cc1nc(SCC(=O)N(CCC(N)=O)Cc2ccccc2)n(C[C@H]2CCCO2)c1C. The van der Waals surface area contributed by atoms with E-state index in [-0.39, 0.29) is 24.2 Å². The minimum Gasteiger partial charge on any atom is -0.376 e. The molecule has 1 aromatic carbocycles. The molecular formula is C22H30N4O3S. The van der Waals surface area contributed by atoms with Gasteiger partial charge in [-0.3, -0.25) is 9.59 Å². The first-order valence-electron chi connectivity index (χ1n) is 10.3. The number of nitrogens with zero attached hydrogens (tertiary/aromatic N) is 3. The number of hydrogen-bond acceptors (Lipinski definition) is 5. The van der Waals surface area contributed by atoms with Crippen molar-refractivity contribution in [3.05, 3.63) is 47.3 Å². The zero-order valence-electron chi connectivity index (χ0n) is 17.7. The smallest absolute Gasteiger partial charge is 0.233 e. The van der Waals surface area contributed by atoms with Crippen LogP contribution in [0.25, 0.3) is 0 Å². The van der Waals surface area contributed by atoms with E-state index >= 15 is 0 Å². The fourth-order valence-electron chi connectivity index (χ4n) is 3.50. The third-order valence-corrected chi connectivity index (χ3v) is 6.32. The van der Waals surface area contributed by atoms with E-state index in [4.69, 9.17) is 10.5 Å². The van der Waals surface area contributed by atoms with E-state index in [1.165, 1.54) is 11.8 Å². The molecule has 2 N–H and O–H groups in total. The summed E-state index contributed by atoms with van der Waals surface area (Å²) in [6.07, 6.45) is 2.50. The van der Waals surface area contributed by atoms with Gasteiger partial charge in [-0.15, -0.1) is 0 Å². The van der Waals surface area contributed by atoms with Crippen LogP contribution in [0.4, 0.5) is 0 Å². The molecule has 2 amide bonds. The molecule has 0 unspecified atom stereocenters. The molecule has 2 aromatic rings. The number of thioether (sulfide) groups is 1. The van der Waals surface area contributed by atoms with E-state index in [1.54, 1.807) is 4.90 Å². The van der Waals surface area contributed by atoms with Gasteiger partial charge in [0.1, 0.15) is 0 Å². The maximum Gasteiger partial charge on any atom is 0.233 e. The second-order valence-corrected chi connectivity index (χ2v) is 8.56. The third-order valence-electron chi connectivity index (χ3n) is 5.35. The summed E-state index contributed by atoms with van der Waals surface area (Å²) in [6.45, 7) is 6.38. The summed E-state index contributed by atoms with van der Waals surface area (Å²) in [4.78, 5) is 30.6. The van der Waals surface area contributed by atoms with E-state index < -0.39 is 5.91 Å². The third kappa shape index (κ3) is 6.09. The van der Waals surface area contributed by atoms with E-state index in [0.29, 0.717) is 13.1 Å². The van der Waals surface area contributed by atoms with Gasteiger partial charge in [0, 0.05) is 31.8 Å². The van der Waals surface area contributed by atoms with Crippen molar-refractivity contribution in [3.63, 3.8) is 0 Å². The second kappa shape index (κ2) is 10.6. The molecule has 0 aliphatic carbocycles. The van der Waals surface area contributed by atoms with E-state index in [0.717, 1.165) is 48.1 Å². The topological polar surface area (TPSA) is 90.5 Å². The van der Waals surface area contributed by atoms with Crippen LogP contribution in [0, 0.1) is 13.8 Å². The zero-order valence-corrected chi connectivity index (χ0v) is 18.5. The average Bonchev–Trinajstić information content (AvgIpc) is 3.34. The van der Waals surface area contributed by atoms with Gasteiger partial charge in [-0.25, -0.2) is 4.98 Å². The number of carbonyl (C=O) groups is 2. The zero-order chi connectivity index (χ0) is 21.5. The van der Waals surface area contributed by atoms with Crippen molar-refractivity contribution in [3.8, 4) is 0 Å². The Morgan fingerprint density at radius 2 is 2.07 bits per heavy atom.